The lowest BCUT2D eigenvalue weighted by Crippen LogP contribution is -2.40. The number of carbonyl (C=O) groups is 1. The van der Waals surface area contributed by atoms with Crippen LogP contribution in [0.25, 0.3) is 0 Å². The van der Waals surface area contributed by atoms with Crippen LogP contribution < -0.4 is 0 Å². The fraction of sp³-hybridized carbons (Fsp3) is 0.800. The lowest BCUT2D eigenvalue weighted by atomic mass is 10.0. The van der Waals surface area contributed by atoms with E-state index in [1.54, 1.807) is 25.6 Å². The van der Waals surface area contributed by atoms with E-state index in [-0.39, 0.29) is 4.75 Å². The first kappa shape index (κ1) is 12.3. The van der Waals surface area contributed by atoms with Gasteiger partial charge in [0.25, 0.3) is 0 Å². The minimum absolute atomic E-state index is 0.170. The molecule has 0 radical (unpaired) electrons. The average molecular weight is 256 g/mol. The molecule has 1 aromatic rings. The van der Waals surface area contributed by atoms with Crippen molar-refractivity contribution in [3.63, 3.8) is 0 Å². The van der Waals surface area contributed by atoms with Gasteiger partial charge in [0.15, 0.2) is 11.4 Å². The molecule has 2 heterocycles. The van der Waals surface area contributed by atoms with Gasteiger partial charge in [-0.15, -0.1) is 16.9 Å². The van der Waals surface area contributed by atoms with E-state index in [0.29, 0.717) is 5.82 Å². The lowest BCUT2D eigenvalue weighted by molar-refractivity contribution is -0.146. The summed E-state index contributed by atoms with van der Waals surface area (Å²) in [6.45, 7) is 5.29. The van der Waals surface area contributed by atoms with Gasteiger partial charge in [0.1, 0.15) is 0 Å². The van der Waals surface area contributed by atoms with Crippen LogP contribution in [0.2, 0.25) is 0 Å². The second-order valence-corrected chi connectivity index (χ2v) is 6.56. The van der Waals surface area contributed by atoms with Gasteiger partial charge in [-0.1, -0.05) is 0 Å². The molecule has 7 heteroatoms. The molecule has 1 atom stereocenters. The molecule has 0 amide bonds. The van der Waals surface area contributed by atoms with Gasteiger partial charge in [-0.05, 0) is 49.8 Å². The van der Waals surface area contributed by atoms with Crippen molar-refractivity contribution in [1.82, 2.24) is 20.2 Å². The van der Waals surface area contributed by atoms with Crippen LogP contribution in [0.1, 0.15) is 39.4 Å². The molecule has 6 nitrogen and oxygen atoms in total. The van der Waals surface area contributed by atoms with Crippen molar-refractivity contribution < 1.29 is 9.90 Å². The van der Waals surface area contributed by atoms with E-state index in [2.05, 4.69) is 22.4 Å². The van der Waals surface area contributed by atoms with E-state index in [1.165, 1.54) is 4.68 Å². The highest BCUT2D eigenvalue weighted by Crippen LogP contribution is 2.45. The predicted molar refractivity (Wildman–Crippen MR) is 63.8 cm³/mol. The van der Waals surface area contributed by atoms with Crippen molar-refractivity contribution in [2.45, 2.75) is 43.9 Å². The van der Waals surface area contributed by atoms with Gasteiger partial charge in [0.05, 0.1) is 4.75 Å². The number of rotatable bonds is 3. The van der Waals surface area contributed by atoms with Crippen molar-refractivity contribution >= 4 is 17.7 Å². The maximum Gasteiger partial charge on any atom is 0.331 e. The van der Waals surface area contributed by atoms with Crippen LogP contribution in [0, 0.1) is 0 Å². The Balaban J connectivity index is 2.45. The molecular weight excluding hydrogens is 240 g/mol. The maximum absolute atomic E-state index is 11.3. The number of carboxylic acid groups (broad SMARTS) is 1. The summed E-state index contributed by atoms with van der Waals surface area (Å²) in [5.74, 6) is 0.793. The zero-order valence-electron chi connectivity index (χ0n) is 10.2. The van der Waals surface area contributed by atoms with Gasteiger partial charge in [-0.2, -0.15) is 0 Å². The predicted octanol–water partition coefficient (Wildman–Crippen LogP) is 1.23. The van der Waals surface area contributed by atoms with Gasteiger partial charge in [0, 0.05) is 0 Å². The zero-order valence-corrected chi connectivity index (χ0v) is 11.0. The van der Waals surface area contributed by atoms with E-state index >= 15 is 0 Å². The Morgan fingerprint density at radius 1 is 1.59 bits per heavy atom. The summed E-state index contributed by atoms with van der Waals surface area (Å²) in [6, 6.07) is 0. The molecule has 1 aliphatic rings. The molecule has 0 saturated carbocycles. The molecule has 1 fully saturated rings. The van der Waals surface area contributed by atoms with Gasteiger partial charge in [0.2, 0.25) is 0 Å². The third-order valence-electron chi connectivity index (χ3n) is 3.21. The minimum atomic E-state index is -1.12. The second-order valence-electron chi connectivity index (χ2n) is 4.96. The van der Waals surface area contributed by atoms with E-state index < -0.39 is 11.5 Å². The zero-order chi connectivity index (χ0) is 12.7. The number of thioether (sulfide) groups is 1. The van der Waals surface area contributed by atoms with Gasteiger partial charge in [-0.3, -0.25) is 0 Å². The summed E-state index contributed by atoms with van der Waals surface area (Å²) in [4.78, 5) is 11.3. The van der Waals surface area contributed by atoms with Crippen LogP contribution >= 0.6 is 11.8 Å². The molecule has 0 aromatic carbocycles. The normalized spacial score (nSPS) is 25.1. The van der Waals surface area contributed by atoms with Gasteiger partial charge < -0.3 is 5.11 Å². The highest BCUT2D eigenvalue weighted by Gasteiger charge is 2.42. The molecular formula is C10H16N4O2S. The van der Waals surface area contributed by atoms with Crippen molar-refractivity contribution in [1.29, 1.82) is 0 Å². The molecule has 1 saturated heterocycles. The van der Waals surface area contributed by atoms with Crippen LogP contribution in [0.4, 0.5) is 0 Å². The largest absolute Gasteiger partial charge is 0.479 e. The first-order chi connectivity index (χ1) is 7.88. The summed E-state index contributed by atoms with van der Waals surface area (Å²) in [7, 11) is 0. The summed E-state index contributed by atoms with van der Waals surface area (Å²) < 4.78 is 1.27. The summed E-state index contributed by atoms with van der Waals surface area (Å²) in [6.07, 6.45) is 2.09. The molecule has 17 heavy (non-hydrogen) atoms. The standard InChI is InChI=1S/C10H16N4O2S/c1-9(2,8(15)16)14-7(11-12-13-14)10(3)5-4-6-17-10/h4-6H2,1-3H3,(H,15,16). The molecule has 94 valence electrons. The molecule has 1 aliphatic heterocycles. The Morgan fingerprint density at radius 3 is 2.82 bits per heavy atom. The molecule has 1 aromatic heterocycles. The summed E-state index contributed by atoms with van der Waals surface area (Å²) >= 11 is 1.79. The van der Waals surface area contributed by atoms with E-state index in [4.69, 9.17) is 0 Å². The van der Waals surface area contributed by atoms with Crippen LogP contribution in [0.5, 0.6) is 0 Å². The third kappa shape index (κ3) is 1.92. The number of tetrazole rings is 1. The number of hydrogen-bond acceptors (Lipinski definition) is 5. The number of aromatic nitrogens is 4. The number of carboxylic acids is 1. The van der Waals surface area contributed by atoms with Gasteiger partial charge in [-0.25, -0.2) is 9.48 Å². The summed E-state index contributed by atoms with van der Waals surface area (Å²) in [5.41, 5.74) is -1.12. The average Bonchev–Trinajstić information content (AvgIpc) is 2.85. The van der Waals surface area contributed by atoms with E-state index in [1.807, 2.05) is 0 Å². The monoisotopic (exact) mass is 256 g/mol. The second kappa shape index (κ2) is 3.97. The fourth-order valence-electron chi connectivity index (χ4n) is 1.94. The van der Waals surface area contributed by atoms with Crippen molar-refractivity contribution in [3.05, 3.63) is 5.82 Å². The lowest BCUT2D eigenvalue weighted by Gasteiger charge is -2.27. The fourth-order valence-corrected chi connectivity index (χ4v) is 3.22. The van der Waals surface area contributed by atoms with Crippen LogP contribution in [0.15, 0.2) is 0 Å². The first-order valence-corrected chi connectivity index (χ1v) is 6.53. The Labute approximate surface area is 104 Å². The van der Waals surface area contributed by atoms with Gasteiger partial charge >= 0.3 is 5.97 Å². The molecule has 0 spiro atoms. The Bertz CT molecular complexity index is 437. The topological polar surface area (TPSA) is 80.9 Å². The third-order valence-corrected chi connectivity index (χ3v) is 4.73. The van der Waals surface area contributed by atoms with Crippen molar-refractivity contribution in [2.24, 2.45) is 0 Å². The maximum atomic E-state index is 11.3. The molecule has 1 unspecified atom stereocenters. The van der Waals surface area contributed by atoms with Crippen LogP contribution in [-0.2, 0) is 15.1 Å². The van der Waals surface area contributed by atoms with E-state index in [9.17, 15) is 9.90 Å². The van der Waals surface area contributed by atoms with Crippen LogP contribution in [-0.4, -0.2) is 37.0 Å². The Hall–Kier alpha value is -1.11. The number of aliphatic carboxylic acids is 1. The van der Waals surface area contributed by atoms with Crippen molar-refractivity contribution in [2.75, 3.05) is 5.75 Å². The first-order valence-electron chi connectivity index (χ1n) is 5.54. The Kier molecular flexibility index (Phi) is 2.89. The molecule has 1 N–H and O–H groups in total. The Morgan fingerprint density at radius 2 is 2.29 bits per heavy atom. The van der Waals surface area contributed by atoms with Crippen molar-refractivity contribution in [3.8, 4) is 0 Å². The number of nitrogens with zero attached hydrogens (tertiary/aromatic N) is 4. The number of hydrogen-bond donors (Lipinski definition) is 1. The molecule has 0 bridgehead atoms. The highest BCUT2D eigenvalue weighted by atomic mass is 32.2. The quantitative estimate of drug-likeness (QED) is 0.876. The van der Waals surface area contributed by atoms with Crippen LogP contribution in [0.3, 0.4) is 0 Å². The molecule has 2 rings (SSSR count). The molecule has 0 aliphatic carbocycles. The smallest absolute Gasteiger partial charge is 0.331 e. The minimum Gasteiger partial charge on any atom is -0.479 e. The SMILES string of the molecule is CC1(c2nnnn2C(C)(C)C(=O)O)CCCS1. The summed E-state index contributed by atoms with van der Waals surface area (Å²) in [5, 5.41) is 20.8. The van der Waals surface area contributed by atoms with E-state index in [0.717, 1.165) is 18.6 Å². The highest BCUT2D eigenvalue weighted by molar-refractivity contribution is 8.00.